The van der Waals surface area contributed by atoms with Crippen molar-refractivity contribution in [1.82, 2.24) is 4.98 Å². The van der Waals surface area contributed by atoms with E-state index in [-0.39, 0.29) is 11.3 Å². The number of halogens is 1. The van der Waals surface area contributed by atoms with Crippen molar-refractivity contribution >= 4 is 5.97 Å². The van der Waals surface area contributed by atoms with Gasteiger partial charge in [-0.3, -0.25) is 0 Å². The molecule has 0 bridgehead atoms. The van der Waals surface area contributed by atoms with Gasteiger partial charge in [0, 0.05) is 0 Å². The van der Waals surface area contributed by atoms with Crippen LogP contribution in [0.5, 0.6) is 0 Å². The van der Waals surface area contributed by atoms with Crippen LogP contribution >= 0.6 is 0 Å². The van der Waals surface area contributed by atoms with Crippen molar-refractivity contribution in [3.05, 3.63) is 28.8 Å². The second kappa shape index (κ2) is 3.19. The van der Waals surface area contributed by atoms with Gasteiger partial charge in [0.25, 0.3) is 0 Å². The van der Waals surface area contributed by atoms with Crippen LogP contribution in [0.2, 0.25) is 0 Å². The number of aryl methyl sites for hydroxylation is 1. The van der Waals surface area contributed by atoms with Gasteiger partial charge in [-0.2, -0.15) is 5.26 Å². The topological polar surface area (TPSA) is 74.0 Å². The minimum atomic E-state index is -1.44. The van der Waals surface area contributed by atoms with Crippen LogP contribution in [0.3, 0.4) is 0 Å². The number of rotatable bonds is 1. The molecule has 1 aromatic heterocycles. The summed E-state index contributed by atoms with van der Waals surface area (Å²) < 4.78 is 12.9. The Hall–Kier alpha value is -1.96. The summed E-state index contributed by atoms with van der Waals surface area (Å²) in [6.07, 6.45) is 0. The lowest BCUT2D eigenvalue weighted by molar-refractivity contribution is 0.0684. The summed E-state index contributed by atoms with van der Waals surface area (Å²) in [5, 5.41) is 16.9. The quantitative estimate of drug-likeness (QED) is 0.702. The van der Waals surface area contributed by atoms with E-state index in [0.29, 0.717) is 0 Å². The molecule has 0 atom stereocenters. The van der Waals surface area contributed by atoms with E-state index in [4.69, 9.17) is 10.4 Å². The van der Waals surface area contributed by atoms with Crippen LogP contribution in [0.15, 0.2) is 6.07 Å². The van der Waals surface area contributed by atoms with Crippen LogP contribution in [0.1, 0.15) is 21.7 Å². The number of carboxylic acids is 1. The largest absolute Gasteiger partial charge is 0.476 e. The van der Waals surface area contributed by atoms with Crippen LogP contribution in [0.25, 0.3) is 0 Å². The van der Waals surface area contributed by atoms with E-state index in [1.165, 1.54) is 6.92 Å². The lowest BCUT2D eigenvalue weighted by atomic mass is 10.2. The molecule has 0 aromatic carbocycles. The molecule has 0 fully saturated rings. The number of aromatic carboxylic acids is 1. The average Bonchev–Trinajstić information content (AvgIpc) is 2.07. The first-order valence-electron chi connectivity index (χ1n) is 3.36. The van der Waals surface area contributed by atoms with Crippen molar-refractivity contribution in [2.45, 2.75) is 6.92 Å². The molecule has 1 rings (SSSR count). The number of aromatic nitrogens is 1. The Morgan fingerprint density at radius 1 is 1.77 bits per heavy atom. The number of hydrogen-bond acceptors (Lipinski definition) is 3. The van der Waals surface area contributed by atoms with Gasteiger partial charge in [-0.05, 0) is 13.0 Å². The monoisotopic (exact) mass is 180 g/mol. The first kappa shape index (κ1) is 9.13. The highest BCUT2D eigenvalue weighted by molar-refractivity contribution is 5.85. The van der Waals surface area contributed by atoms with Gasteiger partial charge in [0.05, 0.1) is 11.3 Å². The molecule has 0 aliphatic heterocycles. The zero-order valence-corrected chi connectivity index (χ0v) is 6.71. The van der Waals surface area contributed by atoms with Crippen molar-refractivity contribution in [3.63, 3.8) is 0 Å². The molecule has 1 aromatic rings. The first-order valence-corrected chi connectivity index (χ1v) is 3.36. The van der Waals surface area contributed by atoms with E-state index in [2.05, 4.69) is 4.98 Å². The van der Waals surface area contributed by atoms with E-state index in [1.807, 2.05) is 0 Å². The number of carboxylic acid groups (broad SMARTS) is 1. The van der Waals surface area contributed by atoms with Gasteiger partial charge < -0.3 is 5.11 Å². The number of pyridine rings is 1. The molecule has 0 aliphatic rings. The lowest BCUT2D eigenvalue weighted by Gasteiger charge is -1.99. The molecule has 4 nitrogen and oxygen atoms in total. The smallest absolute Gasteiger partial charge is 0.357 e. The number of nitrogens with zero attached hydrogens (tertiary/aromatic N) is 2. The molecule has 13 heavy (non-hydrogen) atoms. The van der Waals surface area contributed by atoms with Gasteiger partial charge in [-0.25, -0.2) is 14.2 Å². The van der Waals surface area contributed by atoms with Crippen LogP contribution < -0.4 is 0 Å². The van der Waals surface area contributed by atoms with E-state index in [9.17, 15) is 9.18 Å². The summed E-state index contributed by atoms with van der Waals surface area (Å²) in [5.74, 6) is -2.43. The van der Waals surface area contributed by atoms with E-state index < -0.39 is 17.5 Å². The predicted molar refractivity (Wildman–Crippen MR) is 40.6 cm³/mol. The summed E-state index contributed by atoms with van der Waals surface area (Å²) in [6.45, 7) is 1.45. The Balaban J connectivity index is 3.39. The fraction of sp³-hybridized carbons (Fsp3) is 0.125. The zero-order valence-electron chi connectivity index (χ0n) is 6.71. The van der Waals surface area contributed by atoms with Gasteiger partial charge in [0.15, 0.2) is 11.5 Å². The van der Waals surface area contributed by atoms with Crippen molar-refractivity contribution in [3.8, 4) is 6.07 Å². The van der Waals surface area contributed by atoms with Gasteiger partial charge in [-0.15, -0.1) is 0 Å². The minimum absolute atomic E-state index is 0.0440. The highest BCUT2D eigenvalue weighted by atomic mass is 19.1. The lowest BCUT2D eigenvalue weighted by Crippen LogP contribution is -2.06. The molecule has 66 valence electrons. The van der Waals surface area contributed by atoms with Gasteiger partial charge in [0.2, 0.25) is 0 Å². The maximum atomic E-state index is 12.9. The van der Waals surface area contributed by atoms with Crippen molar-refractivity contribution in [2.75, 3.05) is 0 Å². The highest BCUT2D eigenvalue weighted by Crippen LogP contribution is 2.10. The standard InChI is InChI=1S/C8H5FN2O2/c1-4-5(3-10)2-6(9)7(11-4)8(12)13/h2H,1H3,(H,12,13). The second-order valence-electron chi connectivity index (χ2n) is 2.37. The number of hydrogen-bond donors (Lipinski definition) is 1. The summed E-state index contributed by atoms with van der Waals surface area (Å²) in [7, 11) is 0. The molecule has 0 spiro atoms. The summed E-state index contributed by atoms with van der Waals surface area (Å²) >= 11 is 0. The molecule has 1 heterocycles. The zero-order chi connectivity index (χ0) is 10.0. The first-order chi connectivity index (χ1) is 6.06. The average molecular weight is 180 g/mol. The Morgan fingerprint density at radius 2 is 2.38 bits per heavy atom. The fourth-order valence-electron chi connectivity index (χ4n) is 0.844. The Kier molecular flexibility index (Phi) is 2.24. The fourth-order valence-corrected chi connectivity index (χ4v) is 0.844. The van der Waals surface area contributed by atoms with E-state index >= 15 is 0 Å². The Bertz CT molecular complexity index is 409. The third kappa shape index (κ3) is 1.62. The van der Waals surface area contributed by atoms with Crippen molar-refractivity contribution in [2.24, 2.45) is 0 Å². The van der Waals surface area contributed by atoms with Crippen LogP contribution in [-0.4, -0.2) is 16.1 Å². The van der Waals surface area contributed by atoms with E-state index in [1.54, 1.807) is 6.07 Å². The predicted octanol–water partition coefficient (Wildman–Crippen LogP) is 1.10. The normalized spacial score (nSPS) is 9.31. The van der Waals surface area contributed by atoms with Crippen LogP contribution in [0, 0.1) is 24.1 Å². The molecular weight excluding hydrogens is 175 g/mol. The molecule has 0 unspecified atom stereocenters. The van der Waals surface area contributed by atoms with Crippen molar-refractivity contribution in [1.29, 1.82) is 5.26 Å². The minimum Gasteiger partial charge on any atom is -0.476 e. The Morgan fingerprint density at radius 3 is 2.85 bits per heavy atom. The van der Waals surface area contributed by atoms with Gasteiger partial charge >= 0.3 is 5.97 Å². The van der Waals surface area contributed by atoms with Crippen molar-refractivity contribution < 1.29 is 14.3 Å². The highest BCUT2D eigenvalue weighted by Gasteiger charge is 2.14. The molecule has 0 saturated heterocycles. The number of carbonyl (C=O) groups is 1. The van der Waals surface area contributed by atoms with Gasteiger partial charge in [0.1, 0.15) is 6.07 Å². The maximum Gasteiger partial charge on any atom is 0.357 e. The molecule has 0 aliphatic carbocycles. The second-order valence-corrected chi connectivity index (χ2v) is 2.37. The number of nitriles is 1. The third-order valence-electron chi connectivity index (χ3n) is 1.49. The Labute approximate surface area is 73.3 Å². The molecule has 0 amide bonds. The third-order valence-corrected chi connectivity index (χ3v) is 1.49. The molecule has 0 radical (unpaired) electrons. The summed E-state index contributed by atoms with van der Waals surface area (Å²) in [5.41, 5.74) is -0.402. The SMILES string of the molecule is Cc1nc(C(=O)O)c(F)cc1C#N. The molecule has 1 N–H and O–H groups in total. The van der Waals surface area contributed by atoms with Gasteiger partial charge in [-0.1, -0.05) is 0 Å². The molecule has 5 heteroatoms. The van der Waals surface area contributed by atoms with Crippen LogP contribution in [0.4, 0.5) is 4.39 Å². The molecule has 0 saturated carbocycles. The summed E-state index contributed by atoms with van der Waals surface area (Å²) in [6, 6.07) is 2.57. The van der Waals surface area contributed by atoms with E-state index in [0.717, 1.165) is 6.07 Å². The molecular formula is C8H5FN2O2. The van der Waals surface area contributed by atoms with Crippen LogP contribution in [-0.2, 0) is 0 Å². The maximum absolute atomic E-state index is 12.9. The summed E-state index contributed by atoms with van der Waals surface area (Å²) in [4.78, 5) is 13.8.